The monoisotopic (exact) mass is 541 g/mol. The van der Waals surface area contributed by atoms with Gasteiger partial charge in [-0.3, -0.25) is 14.5 Å². The van der Waals surface area contributed by atoms with E-state index < -0.39 is 0 Å². The summed E-state index contributed by atoms with van der Waals surface area (Å²) in [4.78, 5) is 32.1. The number of carbonyl (C=O) groups is 2. The Kier molecular flexibility index (Phi) is 8.62. The van der Waals surface area contributed by atoms with Crippen LogP contribution >= 0.6 is 15.9 Å². The van der Waals surface area contributed by atoms with Crippen LogP contribution in [0.1, 0.15) is 29.1 Å². The lowest BCUT2D eigenvalue weighted by Gasteiger charge is -2.30. The predicted molar refractivity (Wildman–Crippen MR) is 135 cm³/mol. The van der Waals surface area contributed by atoms with Crippen molar-refractivity contribution in [2.24, 2.45) is 5.92 Å². The SMILES string of the molecule is COCCNC(=O)c1ccccc1NC(=O)C1CCN(Cc2nc(-c3ccc(Br)cc3)no2)CC1. The van der Waals surface area contributed by atoms with Crippen molar-refractivity contribution >= 4 is 33.4 Å². The largest absolute Gasteiger partial charge is 0.383 e. The number of anilines is 1. The van der Waals surface area contributed by atoms with Gasteiger partial charge in [-0.2, -0.15) is 4.98 Å². The number of halogens is 1. The molecule has 0 radical (unpaired) electrons. The van der Waals surface area contributed by atoms with E-state index in [4.69, 9.17) is 9.26 Å². The van der Waals surface area contributed by atoms with Crippen molar-refractivity contribution in [3.05, 3.63) is 64.5 Å². The van der Waals surface area contributed by atoms with Gasteiger partial charge in [-0.1, -0.05) is 33.2 Å². The molecule has 1 aliphatic rings. The van der Waals surface area contributed by atoms with Gasteiger partial charge in [0.1, 0.15) is 0 Å². The van der Waals surface area contributed by atoms with Gasteiger partial charge in [-0.25, -0.2) is 0 Å². The van der Waals surface area contributed by atoms with Gasteiger partial charge in [0, 0.05) is 29.6 Å². The Balaban J connectivity index is 1.28. The topological polar surface area (TPSA) is 110 Å². The third kappa shape index (κ3) is 6.74. The average molecular weight is 542 g/mol. The van der Waals surface area contributed by atoms with Crippen LogP contribution in [0.4, 0.5) is 5.69 Å². The van der Waals surface area contributed by atoms with Crippen LogP contribution in [-0.4, -0.2) is 60.2 Å². The molecule has 2 aromatic carbocycles. The molecule has 184 valence electrons. The van der Waals surface area contributed by atoms with Crippen molar-refractivity contribution < 1.29 is 18.8 Å². The number of para-hydroxylation sites is 1. The molecule has 0 spiro atoms. The number of hydrogen-bond donors (Lipinski definition) is 2. The Morgan fingerprint density at radius 1 is 1.14 bits per heavy atom. The summed E-state index contributed by atoms with van der Waals surface area (Å²) in [6.45, 7) is 2.86. The number of hydrogen-bond acceptors (Lipinski definition) is 7. The van der Waals surface area contributed by atoms with Gasteiger partial charge in [0.05, 0.1) is 24.4 Å². The Morgan fingerprint density at radius 2 is 1.89 bits per heavy atom. The molecule has 4 rings (SSSR count). The number of aromatic nitrogens is 2. The highest BCUT2D eigenvalue weighted by atomic mass is 79.9. The lowest BCUT2D eigenvalue weighted by molar-refractivity contribution is -0.121. The summed E-state index contributed by atoms with van der Waals surface area (Å²) in [5.74, 6) is 0.676. The van der Waals surface area contributed by atoms with Crippen LogP contribution in [0.5, 0.6) is 0 Å². The lowest BCUT2D eigenvalue weighted by atomic mass is 9.95. The van der Waals surface area contributed by atoms with Gasteiger partial charge >= 0.3 is 0 Å². The summed E-state index contributed by atoms with van der Waals surface area (Å²) in [5, 5.41) is 9.83. The second-order valence-electron chi connectivity index (χ2n) is 8.35. The fraction of sp³-hybridized carbons (Fsp3) is 0.360. The maximum atomic E-state index is 12.9. The molecule has 0 bridgehead atoms. The first kappa shape index (κ1) is 25.0. The fourth-order valence-electron chi connectivity index (χ4n) is 3.97. The van der Waals surface area contributed by atoms with Gasteiger partial charge in [0.15, 0.2) is 0 Å². The molecule has 3 aromatic rings. The number of rotatable bonds is 9. The average Bonchev–Trinajstić information content (AvgIpc) is 3.33. The minimum atomic E-state index is -0.241. The number of carbonyl (C=O) groups excluding carboxylic acids is 2. The highest BCUT2D eigenvalue weighted by Crippen LogP contribution is 2.24. The van der Waals surface area contributed by atoms with Crippen LogP contribution in [0.25, 0.3) is 11.4 Å². The first-order valence-electron chi connectivity index (χ1n) is 11.5. The van der Waals surface area contributed by atoms with Crippen LogP contribution in [0.2, 0.25) is 0 Å². The van der Waals surface area contributed by atoms with E-state index in [-0.39, 0.29) is 17.7 Å². The Hall–Kier alpha value is -3.08. The van der Waals surface area contributed by atoms with Gasteiger partial charge in [-0.15, -0.1) is 0 Å². The van der Waals surface area contributed by atoms with Crippen LogP contribution in [0, 0.1) is 5.92 Å². The second kappa shape index (κ2) is 12.1. The summed E-state index contributed by atoms with van der Waals surface area (Å²) in [6, 6.07) is 14.8. The minimum Gasteiger partial charge on any atom is -0.383 e. The van der Waals surface area contributed by atoms with E-state index in [0.717, 1.165) is 23.1 Å². The van der Waals surface area contributed by atoms with E-state index in [1.54, 1.807) is 31.4 Å². The Bertz CT molecular complexity index is 1140. The molecule has 1 aromatic heterocycles. The predicted octanol–water partition coefficient (Wildman–Crippen LogP) is 3.73. The maximum Gasteiger partial charge on any atom is 0.253 e. The van der Waals surface area contributed by atoms with E-state index in [1.807, 2.05) is 24.3 Å². The van der Waals surface area contributed by atoms with Crippen molar-refractivity contribution in [1.29, 1.82) is 0 Å². The molecular weight excluding hydrogens is 514 g/mol. The smallest absolute Gasteiger partial charge is 0.253 e. The molecule has 1 aliphatic heterocycles. The zero-order chi connectivity index (χ0) is 24.6. The zero-order valence-corrected chi connectivity index (χ0v) is 21.1. The Labute approximate surface area is 212 Å². The van der Waals surface area contributed by atoms with Crippen LogP contribution in [-0.2, 0) is 16.1 Å². The molecule has 2 N–H and O–H groups in total. The highest BCUT2D eigenvalue weighted by Gasteiger charge is 2.27. The number of ether oxygens (including phenoxy) is 1. The molecule has 2 heterocycles. The molecule has 10 heteroatoms. The molecule has 9 nitrogen and oxygen atoms in total. The molecule has 35 heavy (non-hydrogen) atoms. The molecular formula is C25H28BrN5O4. The van der Waals surface area contributed by atoms with E-state index in [1.165, 1.54) is 0 Å². The van der Waals surface area contributed by atoms with E-state index in [0.29, 0.717) is 55.5 Å². The number of benzene rings is 2. The normalized spacial score (nSPS) is 14.6. The molecule has 0 unspecified atom stereocenters. The molecule has 1 saturated heterocycles. The first-order chi connectivity index (χ1) is 17.0. The zero-order valence-electron chi connectivity index (χ0n) is 19.5. The summed E-state index contributed by atoms with van der Waals surface area (Å²) in [6.07, 6.45) is 1.42. The van der Waals surface area contributed by atoms with Crippen LogP contribution in [0.3, 0.4) is 0 Å². The minimum absolute atomic E-state index is 0.0721. The summed E-state index contributed by atoms with van der Waals surface area (Å²) in [7, 11) is 1.58. The van der Waals surface area contributed by atoms with Gasteiger partial charge in [0.2, 0.25) is 17.6 Å². The number of piperidine rings is 1. The molecule has 0 saturated carbocycles. The van der Waals surface area contributed by atoms with Crippen LogP contribution < -0.4 is 10.6 Å². The molecule has 0 aliphatic carbocycles. The maximum absolute atomic E-state index is 12.9. The number of methoxy groups -OCH3 is 1. The van der Waals surface area contributed by atoms with Gasteiger partial charge < -0.3 is 19.9 Å². The highest BCUT2D eigenvalue weighted by molar-refractivity contribution is 9.10. The quantitative estimate of drug-likeness (QED) is 0.397. The number of likely N-dealkylation sites (tertiary alicyclic amines) is 1. The van der Waals surface area contributed by atoms with Crippen molar-refractivity contribution in [2.45, 2.75) is 19.4 Å². The standard InChI is InChI=1S/C25H28BrN5O4/c1-34-15-12-27-25(33)20-4-2-3-5-21(20)28-24(32)18-10-13-31(14-11-18)16-22-29-23(30-35-22)17-6-8-19(26)9-7-17/h2-9,18H,10-16H2,1H3,(H,27,33)(H,28,32). The summed E-state index contributed by atoms with van der Waals surface area (Å²) >= 11 is 3.42. The molecule has 0 atom stereocenters. The molecule has 2 amide bonds. The fourth-order valence-corrected chi connectivity index (χ4v) is 4.23. The van der Waals surface area contributed by atoms with E-state index in [9.17, 15) is 9.59 Å². The number of nitrogens with zero attached hydrogens (tertiary/aromatic N) is 3. The number of nitrogens with one attached hydrogen (secondary N) is 2. The third-order valence-electron chi connectivity index (χ3n) is 5.91. The summed E-state index contributed by atoms with van der Waals surface area (Å²) in [5.41, 5.74) is 1.85. The van der Waals surface area contributed by atoms with E-state index >= 15 is 0 Å². The van der Waals surface area contributed by atoms with Gasteiger partial charge in [-0.05, 0) is 62.3 Å². The van der Waals surface area contributed by atoms with Gasteiger partial charge in [0.25, 0.3) is 5.91 Å². The van der Waals surface area contributed by atoms with Crippen molar-refractivity contribution in [2.75, 3.05) is 38.7 Å². The van der Waals surface area contributed by atoms with Crippen LogP contribution in [0.15, 0.2) is 57.5 Å². The first-order valence-corrected chi connectivity index (χ1v) is 12.3. The third-order valence-corrected chi connectivity index (χ3v) is 6.44. The van der Waals surface area contributed by atoms with Crippen molar-refractivity contribution in [1.82, 2.24) is 20.4 Å². The number of amides is 2. The van der Waals surface area contributed by atoms with E-state index in [2.05, 4.69) is 41.6 Å². The van der Waals surface area contributed by atoms with Crippen molar-refractivity contribution in [3.63, 3.8) is 0 Å². The summed E-state index contributed by atoms with van der Waals surface area (Å²) < 4.78 is 11.4. The lowest BCUT2D eigenvalue weighted by Crippen LogP contribution is -2.38. The Morgan fingerprint density at radius 3 is 2.63 bits per heavy atom. The second-order valence-corrected chi connectivity index (χ2v) is 9.27. The molecule has 1 fully saturated rings. The van der Waals surface area contributed by atoms with Crippen molar-refractivity contribution in [3.8, 4) is 11.4 Å².